The molecule has 1 heterocycles. The SMILES string of the molecule is CNCc1cc(OCc2ccccc2)n(Cc2ccccc2F)n1. The molecule has 0 atom stereocenters. The van der Waals surface area contributed by atoms with Crippen molar-refractivity contribution in [2.75, 3.05) is 7.05 Å². The summed E-state index contributed by atoms with van der Waals surface area (Å²) in [4.78, 5) is 0. The summed E-state index contributed by atoms with van der Waals surface area (Å²) in [5.74, 6) is 0.393. The van der Waals surface area contributed by atoms with E-state index in [1.54, 1.807) is 16.8 Å². The number of nitrogens with one attached hydrogen (secondary N) is 1. The Morgan fingerprint density at radius 1 is 1.08 bits per heavy atom. The molecule has 0 fully saturated rings. The lowest BCUT2D eigenvalue weighted by atomic mass is 10.2. The molecule has 0 unspecified atom stereocenters. The predicted molar refractivity (Wildman–Crippen MR) is 91.3 cm³/mol. The quantitative estimate of drug-likeness (QED) is 0.724. The summed E-state index contributed by atoms with van der Waals surface area (Å²) in [5, 5.41) is 7.58. The van der Waals surface area contributed by atoms with E-state index in [1.807, 2.05) is 49.5 Å². The van der Waals surface area contributed by atoms with E-state index in [2.05, 4.69) is 10.4 Å². The first-order valence-electron chi connectivity index (χ1n) is 7.87. The summed E-state index contributed by atoms with van der Waals surface area (Å²) < 4.78 is 21.5. The van der Waals surface area contributed by atoms with Crippen LogP contribution in [0.5, 0.6) is 5.88 Å². The minimum atomic E-state index is -0.239. The first kappa shape index (κ1) is 16.2. The summed E-state index contributed by atoms with van der Waals surface area (Å²) in [6, 6.07) is 18.5. The second-order valence-electron chi connectivity index (χ2n) is 5.53. The van der Waals surface area contributed by atoms with Gasteiger partial charge in [0.15, 0.2) is 0 Å². The maximum atomic E-state index is 13.9. The van der Waals surface area contributed by atoms with Crippen LogP contribution in [0.25, 0.3) is 0 Å². The van der Waals surface area contributed by atoms with E-state index in [4.69, 9.17) is 4.74 Å². The topological polar surface area (TPSA) is 39.1 Å². The fraction of sp³-hybridized carbons (Fsp3) is 0.211. The van der Waals surface area contributed by atoms with Crippen LogP contribution in [0.3, 0.4) is 0 Å². The van der Waals surface area contributed by atoms with E-state index in [0.717, 1.165) is 11.3 Å². The van der Waals surface area contributed by atoms with Gasteiger partial charge in [-0.1, -0.05) is 48.5 Å². The molecule has 0 aliphatic rings. The minimum Gasteiger partial charge on any atom is -0.473 e. The van der Waals surface area contributed by atoms with Gasteiger partial charge in [0.1, 0.15) is 12.4 Å². The van der Waals surface area contributed by atoms with Crippen molar-refractivity contribution >= 4 is 0 Å². The third kappa shape index (κ3) is 4.00. The largest absolute Gasteiger partial charge is 0.473 e. The average molecular weight is 325 g/mol. The van der Waals surface area contributed by atoms with Crippen LogP contribution in [0.15, 0.2) is 60.7 Å². The van der Waals surface area contributed by atoms with Crippen molar-refractivity contribution in [1.82, 2.24) is 15.1 Å². The van der Waals surface area contributed by atoms with E-state index in [0.29, 0.717) is 31.1 Å². The van der Waals surface area contributed by atoms with E-state index in [1.165, 1.54) is 6.07 Å². The highest BCUT2D eigenvalue weighted by molar-refractivity contribution is 5.22. The van der Waals surface area contributed by atoms with Crippen LogP contribution in [-0.4, -0.2) is 16.8 Å². The Bertz CT molecular complexity index is 786. The highest BCUT2D eigenvalue weighted by Gasteiger charge is 2.11. The number of benzene rings is 2. The third-order valence-electron chi connectivity index (χ3n) is 3.66. The zero-order valence-corrected chi connectivity index (χ0v) is 13.6. The smallest absolute Gasteiger partial charge is 0.212 e. The fourth-order valence-corrected chi connectivity index (χ4v) is 2.47. The molecule has 0 bridgehead atoms. The molecule has 3 aromatic rings. The van der Waals surface area contributed by atoms with E-state index in [-0.39, 0.29) is 5.82 Å². The number of halogens is 1. The van der Waals surface area contributed by atoms with Crippen molar-refractivity contribution in [2.45, 2.75) is 19.7 Å². The lowest BCUT2D eigenvalue weighted by Crippen LogP contribution is -2.09. The van der Waals surface area contributed by atoms with Crippen molar-refractivity contribution in [3.63, 3.8) is 0 Å². The fourth-order valence-electron chi connectivity index (χ4n) is 2.47. The molecule has 0 saturated carbocycles. The predicted octanol–water partition coefficient (Wildman–Crippen LogP) is 3.37. The van der Waals surface area contributed by atoms with Crippen LogP contribution >= 0.6 is 0 Å². The van der Waals surface area contributed by atoms with Gasteiger partial charge in [0.2, 0.25) is 5.88 Å². The zero-order chi connectivity index (χ0) is 16.8. The molecule has 0 amide bonds. The molecule has 0 radical (unpaired) electrons. The Morgan fingerprint density at radius 3 is 2.58 bits per heavy atom. The van der Waals surface area contributed by atoms with Crippen LogP contribution in [-0.2, 0) is 19.7 Å². The van der Waals surface area contributed by atoms with Gasteiger partial charge in [-0.3, -0.25) is 0 Å². The molecule has 5 heteroatoms. The summed E-state index contributed by atoms with van der Waals surface area (Å²) >= 11 is 0. The Hall–Kier alpha value is -2.66. The number of nitrogens with zero attached hydrogens (tertiary/aromatic N) is 2. The monoisotopic (exact) mass is 325 g/mol. The number of ether oxygens (including phenoxy) is 1. The number of aromatic nitrogens is 2. The van der Waals surface area contributed by atoms with Crippen molar-refractivity contribution in [3.05, 3.63) is 83.3 Å². The summed E-state index contributed by atoms with van der Waals surface area (Å²) in [6.45, 7) is 1.41. The van der Waals surface area contributed by atoms with E-state index < -0.39 is 0 Å². The standard InChI is InChI=1S/C19H20FN3O/c1-21-12-17-11-19(24-14-15-7-3-2-4-8-15)23(22-17)13-16-9-5-6-10-18(16)20/h2-11,21H,12-14H2,1H3. The molecule has 0 saturated heterocycles. The molecule has 0 spiro atoms. The molecule has 124 valence electrons. The Labute approximate surface area is 140 Å². The molecule has 4 nitrogen and oxygen atoms in total. The molecule has 24 heavy (non-hydrogen) atoms. The van der Waals surface area contributed by atoms with Crippen LogP contribution in [0.2, 0.25) is 0 Å². The molecule has 0 aliphatic carbocycles. The zero-order valence-electron chi connectivity index (χ0n) is 13.6. The minimum absolute atomic E-state index is 0.239. The summed E-state index contributed by atoms with van der Waals surface area (Å²) in [6.07, 6.45) is 0. The van der Waals surface area contributed by atoms with Gasteiger partial charge >= 0.3 is 0 Å². The van der Waals surface area contributed by atoms with Crippen molar-refractivity contribution < 1.29 is 9.13 Å². The molecule has 1 aromatic heterocycles. The van der Waals surface area contributed by atoms with Gasteiger partial charge in [-0.05, 0) is 18.7 Å². The summed E-state index contributed by atoms with van der Waals surface area (Å²) in [5.41, 5.74) is 2.52. The van der Waals surface area contributed by atoms with Gasteiger partial charge in [-0.15, -0.1) is 0 Å². The van der Waals surface area contributed by atoms with E-state index >= 15 is 0 Å². The Morgan fingerprint density at radius 2 is 1.83 bits per heavy atom. The van der Waals surface area contributed by atoms with Gasteiger partial charge < -0.3 is 10.1 Å². The van der Waals surface area contributed by atoms with Crippen molar-refractivity contribution in [2.24, 2.45) is 0 Å². The average Bonchev–Trinajstić information content (AvgIpc) is 2.98. The van der Waals surface area contributed by atoms with Crippen LogP contribution in [0.1, 0.15) is 16.8 Å². The molecular weight excluding hydrogens is 305 g/mol. The number of hydrogen-bond donors (Lipinski definition) is 1. The lowest BCUT2D eigenvalue weighted by Gasteiger charge is -2.10. The first-order chi connectivity index (χ1) is 11.8. The maximum Gasteiger partial charge on any atom is 0.212 e. The van der Waals surface area contributed by atoms with Crippen molar-refractivity contribution in [3.8, 4) is 5.88 Å². The molecule has 1 N–H and O–H groups in total. The molecule has 2 aromatic carbocycles. The molecule has 3 rings (SSSR count). The normalized spacial score (nSPS) is 10.8. The van der Waals surface area contributed by atoms with Gasteiger partial charge in [0.25, 0.3) is 0 Å². The first-order valence-corrected chi connectivity index (χ1v) is 7.87. The molecular formula is C19H20FN3O. The lowest BCUT2D eigenvalue weighted by molar-refractivity contribution is 0.275. The maximum absolute atomic E-state index is 13.9. The summed E-state index contributed by atoms with van der Waals surface area (Å²) in [7, 11) is 1.86. The second-order valence-corrected chi connectivity index (χ2v) is 5.53. The van der Waals surface area contributed by atoms with Gasteiger partial charge in [-0.25, -0.2) is 9.07 Å². The Balaban J connectivity index is 1.80. The van der Waals surface area contributed by atoms with Gasteiger partial charge in [-0.2, -0.15) is 5.10 Å². The highest BCUT2D eigenvalue weighted by Crippen LogP contribution is 2.18. The van der Waals surface area contributed by atoms with Gasteiger partial charge in [0, 0.05) is 18.2 Å². The Kier molecular flexibility index (Phi) is 5.23. The highest BCUT2D eigenvalue weighted by atomic mass is 19.1. The van der Waals surface area contributed by atoms with Crippen LogP contribution < -0.4 is 10.1 Å². The van der Waals surface area contributed by atoms with Crippen LogP contribution in [0, 0.1) is 5.82 Å². The second kappa shape index (κ2) is 7.75. The molecule has 0 aliphatic heterocycles. The van der Waals surface area contributed by atoms with Crippen LogP contribution in [0.4, 0.5) is 4.39 Å². The van der Waals surface area contributed by atoms with E-state index in [9.17, 15) is 4.39 Å². The van der Waals surface area contributed by atoms with Gasteiger partial charge in [0.05, 0.1) is 12.2 Å². The third-order valence-corrected chi connectivity index (χ3v) is 3.66. The van der Waals surface area contributed by atoms with Crippen molar-refractivity contribution in [1.29, 1.82) is 0 Å². The number of rotatable bonds is 7. The number of hydrogen-bond acceptors (Lipinski definition) is 3.